The predicted octanol–water partition coefficient (Wildman–Crippen LogP) is 3.74. The molecule has 0 radical (unpaired) electrons. The molecule has 2 rings (SSSR count). The Labute approximate surface area is 117 Å². The van der Waals surface area contributed by atoms with E-state index in [2.05, 4.69) is 38.0 Å². The van der Waals surface area contributed by atoms with Crippen molar-refractivity contribution in [1.82, 2.24) is 4.98 Å². The van der Waals surface area contributed by atoms with Gasteiger partial charge in [-0.1, -0.05) is 39.3 Å². The van der Waals surface area contributed by atoms with Gasteiger partial charge in [-0.2, -0.15) is 0 Å². The van der Waals surface area contributed by atoms with Crippen molar-refractivity contribution in [1.29, 1.82) is 0 Å². The lowest BCUT2D eigenvalue weighted by molar-refractivity contribution is -0.384. The Morgan fingerprint density at radius 2 is 1.95 bits per heavy atom. The van der Waals surface area contributed by atoms with Crippen LogP contribution in [0, 0.1) is 26.9 Å². The van der Waals surface area contributed by atoms with E-state index in [9.17, 15) is 10.1 Å². The van der Waals surface area contributed by atoms with Crippen molar-refractivity contribution in [3.8, 4) is 0 Å². The normalized spacial score (nSPS) is 20.1. The predicted molar refractivity (Wildman–Crippen MR) is 75.4 cm³/mol. The zero-order valence-electron chi connectivity index (χ0n) is 11.5. The number of pyridine rings is 1. The van der Waals surface area contributed by atoms with E-state index < -0.39 is 4.92 Å². The molecule has 0 saturated heterocycles. The minimum Gasteiger partial charge on any atom is -0.369 e. The Morgan fingerprint density at radius 3 is 2.42 bits per heavy atom. The molecule has 0 aliphatic heterocycles. The van der Waals surface area contributed by atoms with Crippen LogP contribution in [0.25, 0.3) is 0 Å². The van der Waals surface area contributed by atoms with Crippen LogP contribution >= 0.6 is 11.6 Å². The van der Waals surface area contributed by atoms with Gasteiger partial charge >= 0.3 is 0 Å². The summed E-state index contributed by atoms with van der Waals surface area (Å²) in [5.41, 5.74) is 0.492. The first-order chi connectivity index (χ1) is 8.66. The molecule has 0 spiro atoms. The molecule has 1 fully saturated rings. The minimum atomic E-state index is -0.469. The van der Waals surface area contributed by atoms with E-state index in [1.54, 1.807) is 0 Å². The second kappa shape index (κ2) is 4.34. The van der Waals surface area contributed by atoms with Crippen LogP contribution < -0.4 is 5.32 Å². The Kier molecular flexibility index (Phi) is 3.21. The Bertz CT molecular complexity index is 515. The number of rotatable bonds is 4. The van der Waals surface area contributed by atoms with Crippen molar-refractivity contribution in [3.05, 3.63) is 27.4 Å². The lowest BCUT2D eigenvalue weighted by Gasteiger charge is -2.07. The quantitative estimate of drug-likeness (QED) is 0.519. The van der Waals surface area contributed by atoms with Gasteiger partial charge in [-0.25, -0.2) is 4.98 Å². The minimum absolute atomic E-state index is 0.0446. The first-order valence-corrected chi connectivity index (χ1v) is 6.60. The van der Waals surface area contributed by atoms with Crippen molar-refractivity contribution < 1.29 is 4.92 Å². The van der Waals surface area contributed by atoms with Gasteiger partial charge in [-0.3, -0.25) is 10.1 Å². The number of nitrogens with zero attached hydrogens (tertiary/aromatic N) is 2. The Balaban J connectivity index is 2.07. The highest BCUT2D eigenvalue weighted by atomic mass is 35.5. The summed E-state index contributed by atoms with van der Waals surface area (Å²) in [5.74, 6) is 0.970. The van der Waals surface area contributed by atoms with Crippen molar-refractivity contribution >= 4 is 23.1 Å². The maximum Gasteiger partial charge on any atom is 0.276 e. The molecule has 0 aromatic carbocycles. The van der Waals surface area contributed by atoms with Gasteiger partial charge in [0.15, 0.2) is 0 Å². The van der Waals surface area contributed by atoms with Gasteiger partial charge in [0.2, 0.25) is 0 Å². The molecule has 1 N–H and O–H groups in total. The highest BCUT2D eigenvalue weighted by Gasteiger charge is 2.64. The summed E-state index contributed by atoms with van der Waals surface area (Å²) in [7, 11) is 0. The van der Waals surface area contributed by atoms with E-state index in [-0.39, 0.29) is 21.7 Å². The maximum atomic E-state index is 10.8. The molecule has 1 aliphatic carbocycles. The van der Waals surface area contributed by atoms with Crippen molar-refractivity contribution in [2.75, 3.05) is 11.9 Å². The lowest BCUT2D eigenvalue weighted by Crippen LogP contribution is -2.09. The lowest BCUT2D eigenvalue weighted by atomic mass is 10.0. The van der Waals surface area contributed by atoms with Crippen LogP contribution in [0.5, 0.6) is 0 Å². The van der Waals surface area contributed by atoms with Gasteiger partial charge in [-0.05, 0) is 16.7 Å². The Morgan fingerprint density at radius 1 is 1.37 bits per heavy atom. The summed E-state index contributed by atoms with van der Waals surface area (Å²) >= 11 is 5.78. The van der Waals surface area contributed by atoms with E-state index in [1.807, 2.05) is 0 Å². The van der Waals surface area contributed by atoms with E-state index in [0.29, 0.717) is 11.7 Å². The average molecular weight is 284 g/mol. The van der Waals surface area contributed by atoms with Crippen LogP contribution in [0.2, 0.25) is 5.15 Å². The number of nitro groups is 1. The third kappa shape index (κ3) is 2.39. The Hall–Kier alpha value is -1.36. The molecule has 0 bridgehead atoms. The molecule has 0 atom stereocenters. The van der Waals surface area contributed by atoms with Crippen LogP contribution in [-0.2, 0) is 0 Å². The molecular weight excluding hydrogens is 266 g/mol. The molecule has 1 aromatic heterocycles. The molecule has 1 heterocycles. The van der Waals surface area contributed by atoms with Gasteiger partial charge in [-0.15, -0.1) is 0 Å². The molecule has 0 amide bonds. The second-order valence-electron chi connectivity index (χ2n) is 6.17. The van der Waals surface area contributed by atoms with Gasteiger partial charge in [0.25, 0.3) is 5.69 Å². The zero-order valence-corrected chi connectivity index (χ0v) is 12.3. The number of anilines is 1. The highest BCUT2D eigenvalue weighted by molar-refractivity contribution is 6.29. The third-order valence-electron chi connectivity index (χ3n) is 4.80. The molecule has 5 nitrogen and oxygen atoms in total. The highest BCUT2D eigenvalue weighted by Crippen LogP contribution is 2.68. The number of aromatic nitrogens is 1. The van der Waals surface area contributed by atoms with Crippen molar-refractivity contribution in [3.63, 3.8) is 0 Å². The SMILES string of the molecule is CC1(C)C(CNc2cc([N+](=O)[O-])cc(Cl)n2)C1(C)C. The van der Waals surface area contributed by atoms with Crippen LogP contribution in [0.3, 0.4) is 0 Å². The van der Waals surface area contributed by atoms with Crippen LogP contribution in [0.4, 0.5) is 11.5 Å². The number of halogens is 1. The fourth-order valence-electron chi connectivity index (χ4n) is 2.73. The van der Waals surface area contributed by atoms with Crippen LogP contribution in [-0.4, -0.2) is 16.5 Å². The maximum absolute atomic E-state index is 10.8. The molecule has 0 unspecified atom stereocenters. The number of hydrogen-bond donors (Lipinski definition) is 1. The first kappa shape index (κ1) is 14.1. The standard InChI is InChI=1S/C13H18ClN3O2/c1-12(2)9(13(12,3)4)7-15-11-6-8(17(18)19)5-10(14)16-11/h5-6,9H,7H2,1-4H3,(H,15,16). The van der Waals surface area contributed by atoms with E-state index >= 15 is 0 Å². The fraction of sp³-hybridized carbons (Fsp3) is 0.615. The molecule has 1 aromatic rings. The summed E-state index contributed by atoms with van der Waals surface area (Å²) < 4.78 is 0. The van der Waals surface area contributed by atoms with E-state index in [4.69, 9.17) is 11.6 Å². The van der Waals surface area contributed by atoms with Gasteiger partial charge in [0.05, 0.1) is 17.1 Å². The summed E-state index contributed by atoms with van der Waals surface area (Å²) in [4.78, 5) is 14.3. The fourth-order valence-corrected chi connectivity index (χ4v) is 2.93. The number of hydrogen-bond acceptors (Lipinski definition) is 4. The summed E-state index contributed by atoms with van der Waals surface area (Å²) in [5, 5.41) is 14.0. The monoisotopic (exact) mass is 283 g/mol. The zero-order chi connectivity index (χ0) is 14.4. The van der Waals surface area contributed by atoms with Crippen molar-refractivity contribution in [2.24, 2.45) is 16.7 Å². The molecule has 1 aliphatic rings. The topological polar surface area (TPSA) is 68.1 Å². The van der Waals surface area contributed by atoms with Crippen molar-refractivity contribution in [2.45, 2.75) is 27.7 Å². The smallest absolute Gasteiger partial charge is 0.276 e. The largest absolute Gasteiger partial charge is 0.369 e. The molecule has 6 heteroatoms. The number of nitrogens with one attached hydrogen (secondary N) is 1. The van der Waals surface area contributed by atoms with Crippen LogP contribution in [0.1, 0.15) is 27.7 Å². The van der Waals surface area contributed by atoms with E-state index in [0.717, 1.165) is 6.54 Å². The molecule has 1 saturated carbocycles. The van der Waals surface area contributed by atoms with Gasteiger partial charge in [0, 0.05) is 6.54 Å². The summed E-state index contributed by atoms with van der Waals surface area (Å²) in [6.45, 7) is 9.66. The first-order valence-electron chi connectivity index (χ1n) is 6.22. The average Bonchev–Trinajstić information content (AvgIpc) is 2.66. The second-order valence-corrected chi connectivity index (χ2v) is 6.55. The van der Waals surface area contributed by atoms with Gasteiger partial charge < -0.3 is 5.32 Å². The summed E-state index contributed by atoms with van der Waals surface area (Å²) in [6.07, 6.45) is 0. The molecule has 104 valence electrons. The van der Waals surface area contributed by atoms with E-state index in [1.165, 1.54) is 12.1 Å². The summed E-state index contributed by atoms with van der Waals surface area (Å²) in [6, 6.07) is 2.66. The van der Waals surface area contributed by atoms with Crippen LogP contribution in [0.15, 0.2) is 12.1 Å². The van der Waals surface area contributed by atoms with Gasteiger partial charge in [0.1, 0.15) is 11.0 Å². The molecule has 19 heavy (non-hydrogen) atoms. The third-order valence-corrected chi connectivity index (χ3v) is 4.99. The molecular formula is C13H18ClN3O2.